The van der Waals surface area contributed by atoms with E-state index in [2.05, 4.69) is 30.0 Å². The summed E-state index contributed by atoms with van der Waals surface area (Å²) in [5.41, 5.74) is 1.20. The first-order chi connectivity index (χ1) is 15.9. The molecule has 0 aliphatic rings. The minimum absolute atomic E-state index is 0.132. The number of methoxy groups -OCH3 is 1. The van der Waals surface area contributed by atoms with Crippen molar-refractivity contribution >= 4 is 50.5 Å². The van der Waals surface area contributed by atoms with Gasteiger partial charge in [-0.2, -0.15) is 0 Å². The SMILES string of the molecule is COc1ncc(NC(=O)c2csc(-c3ccccc3)n2)cc1S(=O)(=O)Nc1ncc(Cl)cn1. The zero-order valence-electron chi connectivity index (χ0n) is 16.9. The fourth-order valence-corrected chi connectivity index (χ4v) is 4.68. The van der Waals surface area contributed by atoms with E-state index in [-0.39, 0.29) is 33.1 Å². The second kappa shape index (κ2) is 9.48. The van der Waals surface area contributed by atoms with E-state index in [0.29, 0.717) is 5.01 Å². The Morgan fingerprint density at radius 2 is 1.82 bits per heavy atom. The first-order valence-electron chi connectivity index (χ1n) is 9.22. The first kappa shape index (κ1) is 22.6. The second-order valence-corrected chi connectivity index (χ2v) is 9.37. The number of halogens is 1. The van der Waals surface area contributed by atoms with Crippen molar-refractivity contribution in [3.05, 3.63) is 71.1 Å². The summed E-state index contributed by atoms with van der Waals surface area (Å²) in [5, 5.41) is 5.15. The number of thiazole rings is 1. The number of nitrogens with one attached hydrogen (secondary N) is 2. The Bertz CT molecular complexity index is 1400. The molecule has 0 radical (unpaired) electrons. The van der Waals surface area contributed by atoms with Gasteiger partial charge in [0, 0.05) is 10.9 Å². The summed E-state index contributed by atoms with van der Waals surface area (Å²) in [4.78, 5) is 28.3. The lowest BCUT2D eigenvalue weighted by molar-refractivity contribution is 0.102. The van der Waals surface area contributed by atoms with Crippen LogP contribution in [-0.4, -0.2) is 41.4 Å². The van der Waals surface area contributed by atoms with Gasteiger partial charge in [-0.3, -0.25) is 4.79 Å². The van der Waals surface area contributed by atoms with Crippen molar-refractivity contribution in [2.75, 3.05) is 17.1 Å². The molecule has 33 heavy (non-hydrogen) atoms. The van der Waals surface area contributed by atoms with Crippen LogP contribution in [-0.2, 0) is 10.0 Å². The molecule has 0 saturated heterocycles. The average molecular weight is 503 g/mol. The number of nitrogens with zero attached hydrogens (tertiary/aromatic N) is 4. The Labute approximate surface area is 197 Å². The molecule has 1 amide bonds. The highest BCUT2D eigenvalue weighted by Gasteiger charge is 2.23. The summed E-state index contributed by atoms with van der Waals surface area (Å²) in [6.45, 7) is 0. The Kier molecular flexibility index (Phi) is 6.49. The molecule has 4 rings (SSSR count). The summed E-state index contributed by atoms with van der Waals surface area (Å²) in [6, 6.07) is 10.6. The maximum Gasteiger partial charge on any atom is 0.275 e. The van der Waals surface area contributed by atoms with Crippen molar-refractivity contribution in [1.82, 2.24) is 19.9 Å². The number of anilines is 2. The minimum atomic E-state index is -4.19. The third-order valence-electron chi connectivity index (χ3n) is 4.16. The van der Waals surface area contributed by atoms with Gasteiger partial charge in [-0.1, -0.05) is 41.9 Å². The fourth-order valence-electron chi connectivity index (χ4n) is 2.67. The van der Waals surface area contributed by atoms with Crippen molar-refractivity contribution in [1.29, 1.82) is 0 Å². The smallest absolute Gasteiger partial charge is 0.275 e. The molecule has 2 N–H and O–H groups in total. The largest absolute Gasteiger partial charge is 0.480 e. The number of ether oxygens (including phenoxy) is 1. The lowest BCUT2D eigenvalue weighted by Crippen LogP contribution is -2.18. The molecule has 0 bridgehead atoms. The zero-order chi connectivity index (χ0) is 23.4. The monoisotopic (exact) mass is 502 g/mol. The van der Waals surface area contributed by atoms with Crippen LogP contribution in [0, 0.1) is 0 Å². The molecule has 0 aliphatic carbocycles. The maximum absolute atomic E-state index is 12.9. The van der Waals surface area contributed by atoms with Gasteiger partial charge < -0.3 is 10.1 Å². The van der Waals surface area contributed by atoms with Crippen LogP contribution in [0.15, 0.2) is 65.3 Å². The lowest BCUT2D eigenvalue weighted by Gasteiger charge is -2.11. The average Bonchev–Trinajstić information content (AvgIpc) is 3.32. The lowest BCUT2D eigenvalue weighted by atomic mass is 10.2. The van der Waals surface area contributed by atoms with Gasteiger partial charge in [0.2, 0.25) is 11.8 Å². The Morgan fingerprint density at radius 1 is 1.09 bits per heavy atom. The molecular formula is C20H15ClN6O4S2. The van der Waals surface area contributed by atoms with Crippen LogP contribution in [0.1, 0.15) is 10.5 Å². The van der Waals surface area contributed by atoms with Gasteiger partial charge >= 0.3 is 0 Å². The van der Waals surface area contributed by atoms with E-state index in [9.17, 15) is 13.2 Å². The highest BCUT2D eigenvalue weighted by atomic mass is 35.5. The molecule has 0 aliphatic heterocycles. The number of carbonyl (C=O) groups excluding carboxylic acids is 1. The quantitative estimate of drug-likeness (QED) is 0.390. The Morgan fingerprint density at radius 3 is 2.52 bits per heavy atom. The van der Waals surface area contributed by atoms with E-state index in [0.717, 1.165) is 5.56 Å². The fraction of sp³-hybridized carbons (Fsp3) is 0.0500. The van der Waals surface area contributed by atoms with Crippen molar-refractivity contribution in [2.45, 2.75) is 4.90 Å². The van der Waals surface area contributed by atoms with E-state index < -0.39 is 15.9 Å². The van der Waals surface area contributed by atoms with Crippen LogP contribution in [0.4, 0.5) is 11.6 Å². The Balaban J connectivity index is 1.57. The summed E-state index contributed by atoms with van der Waals surface area (Å²) in [6.07, 6.45) is 3.77. The molecular weight excluding hydrogens is 488 g/mol. The summed E-state index contributed by atoms with van der Waals surface area (Å²) >= 11 is 7.05. The van der Waals surface area contributed by atoms with Crippen molar-refractivity contribution in [3.8, 4) is 16.5 Å². The number of amides is 1. The van der Waals surface area contributed by atoms with Crippen molar-refractivity contribution < 1.29 is 17.9 Å². The zero-order valence-corrected chi connectivity index (χ0v) is 19.3. The molecule has 3 heterocycles. The summed E-state index contributed by atoms with van der Waals surface area (Å²) in [5.74, 6) is -0.876. The normalized spacial score (nSPS) is 11.1. The van der Waals surface area contributed by atoms with E-state index in [1.807, 2.05) is 30.3 Å². The van der Waals surface area contributed by atoms with E-state index >= 15 is 0 Å². The molecule has 0 spiro atoms. The minimum Gasteiger partial charge on any atom is -0.480 e. The molecule has 4 aromatic rings. The van der Waals surface area contributed by atoms with Gasteiger partial charge in [0.1, 0.15) is 10.7 Å². The van der Waals surface area contributed by atoms with E-state index in [4.69, 9.17) is 16.3 Å². The number of benzene rings is 1. The molecule has 10 nitrogen and oxygen atoms in total. The van der Waals surface area contributed by atoms with Crippen LogP contribution < -0.4 is 14.8 Å². The molecule has 0 atom stereocenters. The van der Waals surface area contributed by atoms with Crippen molar-refractivity contribution in [2.24, 2.45) is 0 Å². The number of rotatable bonds is 7. The maximum atomic E-state index is 12.9. The molecule has 13 heteroatoms. The van der Waals surface area contributed by atoms with Crippen LogP contribution in [0.2, 0.25) is 5.02 Å². The predicted octanol–water partition coefficient (Wildman–Crippen LogP) is 3.71. The van der Waals surface area contributed by atoms with Crippen LogP contribution >= 0.6 is 22.9 Å². The van der Waals surface area contributed by atoms with Gasteiger partial charge in [0.15, 0.2) is 4.90 Å². The van der Waals surface area contributed by atoms with E-state index in [1.165, 1.54) is 43.1 Å². The molecule has 0 unspecified atom stereocenters. The van der Waals surface area contributed by atoms with Crippen LogP contribution in [0.25, 0.3) is 10.6 Å². The number of sulfonamides is 1. The topological polar surface area (TPSA) is 136 Å². The highest BCUT2D eigenvalue weighted by Crippen LogP contribution is 2.27. The van der Waals surface area contributed by atoms with E-state index in [1.54, 1.807) is 5.38 Å². The summed E-state index contributed by atoms with van der Waals surface area (Å²) < 4.78 is 33.0. The third-order valence-corrected chi connectivity index (χ3v) is 6.57. The van der Waals surface area contributed by atoms with Crippen LogP contribution in [0.5, 0.6) is 5.88 Å². The molecule has 0 saturated carbocycles. The number of carbonyl (C=O) groups is 1. The summed E-state index contributed by atoms with van der Waals surface area (Å²) in [7, 11) is -2.92. The third kappa shape index (κ3) is 5.25. The molecule has 1 aromatic carbocycles. The number of aromatic nitrogens is 4. The van der Waals surface area contributed by atoms with Gasteiger partial charge in [0.25, 0.3) is 15.9 Å². The van der Waals surface area contributed by atoms with Gasteiger partial charge in [-0.25, -0.2) is 33.1 Å². The standard InChI is InChI=1S/C20H15ClN6O4S2/c1-31-18-16(33(29,30)27-20-23-8-13(21)9-24-20)7-14(10-22-18)25-17(28)15-11-32-19(26-15)12-5-3-2-4-6-12/h2-11H,1H3,(H,25,28)(H,23,24,27). The molecule has 3 aromatic heterocycles. The van der Waals surface area contributed by atoms with Gasteiger partial charge in [0.05, 0.1) is 36.4 Å². The van der Waals surface area contributed by atoms with Gasteiger partial charge in [-0.15, -0.1) is 11.3 Å². The Hall–Kier alpha value is -3.61. The highest BCUT2D eigenvalue weighted by molar-refractivity contribution is 7.92. The predicted molar refractivity (Wildman–Crippen MR) is 124 cm³/mol. The molecule has 0 fully saturated rings. The number of pyridine rings is 1. The molecule has 168 valence electrons. The second-order valence-electron chi connectivity index (χ2n) is 6.42. The van der Waals surface area contributed by atoms with Crippen LogP contribution in [0.3, 0.4) is 0 Å². The first-order valence-corrected chi connectivity index (χ1v) is 12.0. The number of hydrogen-bond acceptors (Lipinski definition) is 9. The van der Waals surface area contributed by atoms with Gasteiger partial charge in [-0.05, 0) is 6.07 Å². The number of hydrogen-bond donors (Lipinski definition) is 2. The van der Waals surface area contributed by atoms with Crippen molar-refractivity contribution in [3.63, 3.8) is 0 Å².